The molecule has 0 atom stereocenters. The van der Waals surface area contributed by atoms with E-state index in [1.807, 2.05) is 42.5 Å². The third kappa shape index (κ3) is 5.62. The second-order valence-electron chi connectivity index (χ2n) is 8.09. The van der Waals surface area contributed by atoms with E-state index >= 15 is 0 Å². The third-order valence-electron chi connectivity index (χ3n) is 5.69. The molecule has 0 spiro atoms. The summed E-state index contributed by atoms with van der Waals surface area (Å²) in [6, 6.07) is 13.5. The first-order valence-electron chi connectivity index (χ1n) is 11.2. The number of carbonyl (C=O) groups is 1. The molecule has 0 saturated heterocycles. The zero-order chi connectivity index (χ0) is 23.0. The SMILES string of the molecule is COCCCCc1ncc(-c2ccccc2)n(CC(=O)CCc2cc3cnccc3[nH]2)c1=O. The predicted molar refractivity (Wildman–Crippen MR) is 128 cm³/mol. The van der Waals surface area contributed by atoms with Crippen LogP contribution in [0.1, 0.15) is 30.7 Å². The van der Waals surface area contributed by atoms with Crippen LogP contribution in [0.5, 0.6) is 0 Å². The zero-order valence-electron chi connectivity index (χ0n) is 18.8. The Morgan fingerprint density at radius 3 is 2.73 bits per heavy atom. The van der Waals surface area contributed by atoms with Crippen molar-refractivity contribution in [3.05, 3.63) is 82.8 Å². The smallest absolute Gasteiger partial charge is 0.273 e. The van der Waals surface area contributed by atoms with Crippen LogP contribution >= 0.6 is 0 Å². The molecule has 0 saturated carbocycles. The fourth-order valence-electron chi connectivity index (χ4n) is 3.93. The Morgan fingerprint density at radius 2 is 1.94 bits per heavy atom. The van der Waals surface area contributed by atoms with E-state index in [1.54, 1.807) is 30.3 Å². The zero-order valence-corrected chi connectivity index (χ0v) is 18.8. The van der Waals surface area contributed by atoms with E-state index in [0.717, 1.165) is 35.0 Å². The molecular formula is C26H28N4O3. The summed E-state index contributed by atoms with van der Waals surface area (Å²) in [6.45, 7) is 0.678. The topological polar surface area (TPSA) is 89.9 Å². The monoisotopic (exact) mass is 444 g/mol. The van der Waals surface area contributed by atoms with Crippen LogP contribution in [0.15, 0.2) is 65.8 Å². The number of aromatic nitrogens is 4. The van der Waals surface area contributed by atoms with Crippen molar-refractivity contribution in [3.63, 3.8) is 0 Å². The van der Waals surface area contributed by atoms with Gasteiger partial charge in [0.25, 0.3) is 5.56 Å². The lowest BCUT2D eigenvalue weighted by Crippen LogP contribution is -2.29. The van der Waals surface area contributed by atoms with Gasteiger partial charge >= 0.3 is 0 Å². The van der Waals surface area contributed by atoms with E-state index in [2.05, 4.69) is 15.0 Å². The van der Waals surface area contributed by atoms with E-state index in [0.29, 0.717) is 37.3 Å². The molecule has 4 rings (SSSR count). The van der Waals surface area contributed by atoms with Gasteiger partial charge < -0.3 is 9.72 Å². The molecule has 170 valence electrons. The number of fused-ring (bicyclic) bond motifs is 1. The molecule has 1 N–H and O–H groups in total. The number of H-pyrrole nitrogens is 1. The van der Waals surface area contributed by atoms with Crippen LogP contribution < -0.4 is 5.56 Å². The van der Waals surface area contributed by atoms with Crippen LogP contribution in [0.25, 0.3) is 22.2 Å². The Bertz CT molecular complexity index is 1240. The molecule has 7 nitrogen and oxygen atoms in total. The molecule has 7 heteroatoms. The Kier molecular flexibility index (Phi) is 7.42. The quantitative estimate of drug-likeness (QED) is 0.354. The van der Waals surface area contributed by atoms with Gasteiger partial charge in [-0.2, -0.15) is 0 Å². The molecule has 0 aliphatic heterocycles. The number of nitrogens with zero attached hydrogens (tertiary/aromatic N) is 3. The molecule has 0 amide bonds. The molecule has 0 unspecified atom stereocenters. The van der Waals surface area contributed by atoms with Crippen molar-refractivity contribution in [1.82, 2.24) is 19.5 Å². The van der Waals surface area contributed by atoms with Gasteiger partial charge in [0.15, 0.2) is 5.78 Å². The number of pyridine rings is 1. The van der Waals surface area contributed by atoms with Crippen molar-refractivity contribution in [2.45, 2.75) is 38.6 Å². The first-order valence-corrected chi connectivity index (χ1v) is 11.2. The Balaban J connectivity index is 1.52. The van der Waals surface area contributed by atoms with Gasteiger partial charge in [-0.1, -0.05) is 30.3 Å². The standard InChI is InChI=1S/C26H28N4O3/c1-33-14-6-5-9-24-26(32)30(25(17-28-24)19-7-3-2-4-8-19)18-22(31)11-10-21-15-20-16-27-13-12-23(20)29-21/h2-4,7-8,12-13,15-17,29H,5-6,9-11,14,18H2,1H3. The highest BCUT2D eigenvalue weighted by Gasteiger charge is 2.15. The fourth-order valence-corrected chi connectivity index (χ4v) is 3.93. The summed E-state index contributed by atoms with van der Waals surface area (Å²) in [5, 5.41) is 1.02. The largest absolute Gasteiger partial charge is 0.385 e. The summed E-state index contributed by atoms with van der Waals surface area (Å²) < 4.78 is 6.67. The maximum absolute atomic E-state index is 13.3. The van der Waals surface area contributed by atoms with Gasteiger partial charge in [-0.3, -0.25) is 24.1 Å². The van der Waals surface area contributed by atoms with Crippen LogP contribution in [0.4, 0.5) is 0 Å². The summed E-state index contributed by atoms with van der Waals surface area (Å²) in [4.78, 5) is 38.1. The molecule has 0 aliphatic rings. The first-order chi connectivity index (χ1) is 16.2. The number of rotatable bonds is 11. The van der Waals surface area contributed by atoms with E-state index in [4.69, 9.17) is 4.74 Å². The number of aryl methyl sites for hydroxylation is 2. The summed E-state index contributed by atoms with van der Waals surface area (Å²) in [5.74, 6) is 0.00240. The maximum atomic E-state index is 13.3. The van der Waals surface area contributed by atoms with Gasteiger partial charge in [0.2, 0.25) is 0 Å². The predicted octanol–water partition coefficient (Wildman–Crippen LogP) is 3.96. The third-order valence-corrected chi connectivity index (χ3v) is 5.69. The van der Waals surface area contributed by atoms with Crippen LogP contribution in [0, 0.1) is 0 Å². The Labute approximate surface area is 192 Å². The van der Waals surface area contributed by atoms with E-state index in [-0.39, 0.29) is 17.9 Å². The van der Waals surface area contributed by atoms with Crippen molar-refractivity contribution in [2.75, 3.05) is 13.7 Å². The normalized spacial score (nSPS) is 11.2. The van der Waals surface area contributed by atoms with Crippen molar-refractivity contribution in [3.8, 4) is 11.3 Å². The number of aromatic amines is 1. The Morgan fingerprint density at radius 1 is 1.09 bits per heavy atom. The van der Waals surface area contributed by atoms with Gasteiger partial charge in [-0.25, -0.2) is 0 Å². The highest BCUT2D eigenvalue weighted by Crippen LogP contribution is 2.18. The van der Waals surface area contributed by atoms with Crippen molar-refractivity contribution < 1.29 is 9.53 Å². The van der Waals surface area contributed by atoms with E-state index in [1.165, 1.54) is 0 Å². The van der Waals surface area contributed by atoms with E-state index in [9.17, 15) is 9.59 Å². The lowest BCUT2D eigenvalue weighted by atomic mass is 10.1. The molecule has 3 heterocycles. The number of ether oxygens (including phenoxy) is 1. The average molecular weight is 445 g/mol. The molecule has 33 heavy (non-hydrogen) atoms. The number of ketones is 1. The summed E-state index contributed by atoms with van der Waals surface area (Å²) >= 11 is 0. The van der Waals surface area contributed by atoms with Crippen LogP contribution in [0.3, 0.4) is 0 Å². The number of hydrogen-bond acceptors (Lipinski definition) is 5. The van der Waals surface area contributed by atoms with Crippen molar-refractivity contribution in [1.29, 1.82) is 0 Å². The number of methoxy groups -OCH3 is 1. The van der Waals surface area contributed by atoms with Gasteiger partial charge in [-0.05, 0) is 43.4 Å². The lowest BCUT2D eigenvalue weighted by molar-refractivity contribution is -0.119. The summed E-state index contributed by atoms with van der Waals surface area (Å²) in [5.41, 5.74) is 3.80. The molecule has 0 radical (unpaired) electrons. The second-order valence-corrected chi connectivity index (χ2v) is 8.09. The molecule has 0 fully saturated rings. The van der Waals surface area contributed by atoms with Crippen molar-refractivity contribution in [2.24, 2.45) is 0 Å². The summed E-state index contributed by atoms with van der Waals surface area (Å²) in [7, 11) is 1.66. The number of unbranched alkanes of at least 4 members (excludes halogenated alkanes) is 1. The van der Waals surface area contributed by atoms with Crippen LogP contribution in [-0.4, -0.2) is 39.0 Å². The van der Waals surface area contributed by atoms with Gasteiger partial charge in [0, 0.05) is 49.1 Å². The molecule has 4 aromatic rings. The van der Waals surface area contributed by atoms with Gasteiger partial charge in [0.1, 0.15) is 5.69 Å². The maximum Gasteiger partial charge on any atom is 0.273 e. The van der Waals surface area contributed by atoms with Crippen molar-refractivity contribution >= 4 is 16.7 Å². The number of carbonyl (C=O) groups excluding carboxylic acids is 1. The molecule has 0 aliphatic carbocycles. The second kappa shape index (κ2) is 10.8. The van der Waals surface area contributed by atoms with Crippen LogP contribution in [-0.2, 0) is 28.9 Å². The average Bonchev–Trinajstić information content (AvgIpc) is 3.26. The number of Topliss-reactive ketones (excluding diaryl/α,β-unsaturated/α-hetero) is 1. The van der Waals surface area contributed by atoms with Crippen LogP contribution in [0.2, 0.25) is 0 Å². The molecule has 0 bridgehead atoms. The molecule has 3 aromatic heterocycles. The number of benzene rings is 1. The van der Waals surface area contributed by atoms with E-state index < -0.39 is 0 Å². The number of nitrogens with one attached hydrogen (secondary N) is 1. The molecule has 1 aromatic carbocycles. The van der Waals surface area contributed by atoms with Gasteiger partial charge in [0.05, 0.1) is 18.4 Å². The lowest BCUT2D eigenvalue weighted by Gasteiger charge is -2.14. The van der Waals surface area contributed by atoms with Gasteiger partial charge in [-0.15, -0.1) is 0 Å². The summed E-state index contributed by atoms with van der Waals surface area (Å²) in [6.07, 6.45) is 8.40. The highest BCUT2D eigenvalue weighted by atomic mass is 16.5. The fraction of sp³-hybridized carbons (Fsp3) is 0.308. The minimum absolute atomic E-state index is 0.00240. The number of hydrogen-bond donors (Lipinski definition) is 1. The Hall–Kier alpha value is -3.58. The molecular weight excluding hydrogens is 416 g/mol. The minimum atomic E-state index is -0.196. The minimum Gasteiger partial charge on any atom is -0.385 e. The first kappa shape index (κ1) is 22.6. The highest BCUT2D eigenvalue weighted by molar-refractivity contribution is 5.81.